The SMILES string of the molecule is CC1(C)CCCC2(CC1)CNCC2C(=O)OC(C)(C)C. The molecular formula is C17H31NO2. The van der Waals surface area contributed by atoms with Crippen LogP contribution >= 0.6 is 0 Å². The molecule has 0 amide bonds. The van der Waals surface area contributed by atoms with Crippen LogP contribution in [0.2, 0.25) is 0 Å². The highest BCUT2D eigenvalue weighted by molar-refractivity contribution is 5.74. The Bertz CT molecular complexity index is 370. The number of carbonyl (C=O) groups excluding carboxylic acids is 1. The Hall–Kier alpha value is -0.570. The van der Waals surface area contributed by atoms with Crippen LogP contribution in [-0.2, 0) is 9.53 Å². The van der Waals surface area contributed by atoms with E-state index in [1.165, 1.54) is 19.3 Å². The summed E-state index contributed by atoms with van der Waals surface area (Å²) in [6.07, 6.45) is 6.03. The molecule has 1 aliphatic carbocycles. The fourth-order valence-corrected chi connectivity index (χ4v) is 3.79. The van der Waals surface area contributed by atoms with Crippen molar-refractivity contribution in [2.45, 2.75) is 72.3 Å². The summed E-state index contributed by atoms with van der Waals surface area (Å²) in [5.41, 5.74) is 0.172. The van der Waals surface area contributed by atoms with E-state index in [4.69, 9.17) is 4.74 Å². The van der Waals surface area contributed by atoms with Crippen molar-refractivity contribution in [3.63, 3.8) is 0 Å². The van der Waals surface area contributed by atoms with Crippen LogP contribution in [0.3, 0.4) is 0 Å². The minimum atomic E-state index is -0.384. The Morgan fingerprint density at radius 2 is 1.85 bits per heavy atom. The number of hydrogen-bond acceptors (Lipinski definition) is 3. The fourth-order valence-electron chi connectivity index (χ4n) is 3.79. The van der Waals surface area contributed by atoms with E-state index in [2.05, 4.69) is 19.2 Å². The van der Waals surface area contributed by atoms with Gasteiger partial charge in [0.1, 0.15) is 5.60 Å². The smallest absolute Gasteiger partial charge is 0.311 e. The van der Waals surface area contributed by atoms with Crippen molar-refractivity contribution in [3.8, 4) is 0 Å². The summed E-state index contributed by atoms with van der Waals surface area (Å²) in [6, 6.07) is 0. The highest BCUT2D eigenvalue weighted by Gasteiger charge is 2.49. The number of esters is 1. The number of nitrogens with one attached hydrogen (secondary N) is 1. The maximum absolute atomic E-state index is 12.5. The first-order chi connectivity index (χ1) is 9.14. The van der Waals surface area contributed by atoms with Gasteiger partial charge in [0.15, 0.2) is 0 Å². The lowest BCUT2D eigenvalue weighted by atomic mass is 9.71. The Balaban J connectivity index is 2.11. The molecule has 1 heterocycles. The minimum Gasteiger partial charge on any atom is -0.460 e. The van der Waals surface area contributed by atoms with Crippen molar-refractivity contribution in [3.05, 3.63) is 0 Å². The van der Waals surface area contributed by atoms with Gasteiger partial charge in [-0.3, -0.25) is 4.79 Å². The minimum absolute atomic E-state index is 0.00204. The van der Waals surface area contributed by atoms with Crippen molar-refractivity contribution in [2.75, 3.05) is 13.1 Å². The van der Waals surface area contributed by atoms with Crippen LogP contribution in [-0.4, -0.2) is 24.7 Å². The molecule has 1 saturated carbocycles. The molecule has 0 aromatic rings. The first-order valence-corrected chi connectivity index (χ1v) is 8.07. The number of rotatable bonds is 1. The molecule has 116 valence electrons. The molecule has 2 aliphatic rings. The molecule has 1 N–H and O–H groups in total. The summed E-state index contributed by atoms with van der Waals surface area (Å²) in [4.78, 5) is 12.5. The predicted octanol–water partition coefficient (Wildman–Crippen LogP) is 3.52. The van der Waals surface area contributed by atoms with E-state index >= 15 is 0 Å². The zero-order valence-corrected chi connectivity index (χ0v) is 13.8. The second kappa shape index (κ2) is 5.32. The lowest BCUT2D eigenvalue weighted by Crippen LogP contribution is -2.39. The van der Waals surface area contributed by atoms with Crippen molar-refractivity contribution < 1.29 is 9.53 Å². The lowest BCUT2D eigenvalue weighted by molar-refractivity contribution is -0.163. The number of hydrogen-bond donors (Lipinski definition) is 1. The van der Waals surface area contributed by atoms with Crippen LogP contribution in [0.15, 0.2) is 0 Å². The first kappa shape index (κ1) is 15.8. The Labute approximate surface area is 123 Å². The summed E-state index contributed by atoms with van der Waals surface area (Å²) in [5.74, 6) is 0.0397. The van der Waals surface area contributed by atoms with E-state index in [0.29, 0.717) is 5.41 Å². The monoisotopic (exact) mass is 281 g/mol. The maximum atomic E-state index is 12.5. The van der Waals surface area contributed by atoms with Gasteiger partial charge in [-0.1, -0.05) is 20.3 Å². The van der Waals surface area contributed by atoms with Crippen molar-refractivity contribution in [2.24, 2.45) is 16.7 Å². The Morgan fingerprint density at radius 3 is 2.50 bits per heavy atom. The Kier molecular flexibility index (Phi) is 4.21. The van der Waals surface area contributed by atoms with Crippen LogP contribution in [0.5, 0.6) is 0 Å². The zero-order chi connectivity index (χ0) is 15.0. The Morgan fingerprint density at radius 1 is 1.15 bits per heavy atom. The molecule has 1 spiro atoms. The van der Waals surface area contributed by atoms with Gasteiger partial charge in [-0.25, -0.2) is 0 Å². The van der Waals surface area contributed by atoms with Crippen LogP contribution < -0.4 is 5.32 Å². The predicted molar refractivity (Wildman–Crippen MR) is 81.5 cm³/mol. The molecule has 1 saturated heterocycles. The van der Waals surface area contributed by atoms with Gasteiger partial charge in [0.25, 0.3) is 0 Å². The molecule has 0 bridgehead atoms. The molecule has 3 heteroatoms. The second-order valence-corrected chi connectivity index (χ2v) is 8.60. The zero-order valence-electron chi connectivity index (χ0n) is 13.8. The molecule has 2 atom stereocenters. The van der Waals surface area contributed by atoms with Gasteiger partial charge >= 0.3 is 5.97 Å². The van der Waals surface area contributed by atoms with Crippen molar-refractivity contribution in [1.29, 1.82) is 0 Å². The first-order valence-electron chi connectivity index (χ1n) is 8.07. The van der Waals surface area contributed by atoms with Crippen LogP contribution in [0.1, 0.15) is 66.7 Å². The number of carbonyl (C=O) groups is 1. The highest BCUT2D eigenvalue weighted by Crippen LogP contribution is 2.48. The van der Waals surface area contributed by atoms with E-state index in [0.717, 1.165) is 25.9 Å². The molecule has 0 radical (unpaired) electrons. The summed E-state index contributed by atoms with van der Waals surface area (Å²) < 4.78 is 5.66. The van der Waals surface area contributed by atoms with E-state index in [1.54, 1.807) is 0 Å². The van der Waals surface area contributed by atoms with Gasteiger partial charge in [0.05, 0.1) is 5.92 Å². The van der Waals surface area contributed by atoms with E-state index in [9.17, 15) is 4.79 Å². The largest absolute Gasteiger partial charge is 0.460 e. The molecule has 1 aliphatic heterocycles. The molecule has 2 rings (SSSR count). The average molecular weight is 281 g/mol. The maximum Gasteiger partial charge on any atom is 0.311 e. The summed E-state index contributed by atoms with van der Waals surface area (Å²) in [7, 11) is 0. The van der Waals surface area contributed by atoms with E-state index in [-0.39, 0.29) is 22.9 Å². The molecular weight excluding hydrogens is 250 g/mol. The third-order valence-corrected chi connectivity index (χ3v) is 5.08. The van der Waals surface area contributed by atoms with Gasteiger partial charge < -0.3 is 10.1 Å². The van der Waals surface area contributed by atoms with Gasteiger partial charge in [0.2, 0.25) is 0 Å². The average Bonchev–Trinajstić information content (AvgIpc) is 2.61. The highest BCUT2D eigenvalue weighted by atomic mass is 16.6. The van der Waals surface area contributed by atoms with Crippen molar-refractivity contribution in [1.82, 2.24) is 5.32 Å². The molecule has 3 nitrogen and oxygen atoms in total. The molecule has 2 unspecified atom stereocenters. The topological polar surface area (TPSA) is 38.3 Å². The summed E-state index contributed by atoms with van der Waals surface area (Å²) in [6.45, 7) is 12.3. The number of ether oxygens (including phenoxy) is 1. The van der Waals surface area contributed by atoms with Gasteiger partial charge in [-0.05, 0) is 57.3 Å². The van der Waals surface area contributed by atoms with Gasteiger partial charge in [0, 0.05) is 13.1 Å². The standard InChI is InChI=1S/C17H31NO2/c1-15(2,3)20-14(19)13-11-18-12-17(13)8-6-7-16(4,5)9-10-17/h13,18H,6-12H2,1-5H3. The molecule has 0 aromatic carbocycles. The second-order valence-electron chi connectivity index (χ2n) is 8.60. The van der Waals surface area contributed by atoms with Crippen LogP contribution in [0, 0.1) is 16.7 Å². The molecule has 20 heavy (non-hydrogen) atoms. The van der Waals surface area contributed by atoms with E-state index in [1.807, 2.05) is 20.8 Å². The fraction of sp³-hybridized carbons (Fsp3) is 0.941. The summed E-state index contributed by atoms with van der Waals surface area (Å²) >= 11 is 0. The molecule has 2 fully saturated rings. The lowest BCUT2D eigenvalue weighted by Gasteiger charge is -2.34. The normalized spacial score (nSPS) is 34.0. The van der Waals surface area contributed by atoms with Crippen molar-refractivity contribution >= 4 is 5.97 Å². The third kappa shape index (κ3) is 3.55. The third-order valence-electron chi connectivity index (χ3n) is 5.08. The molecule has 0 aromatic heterocycles. The van der Waals surface area contributed by atoms with Gasteiger partial charge in [-0.2, -0.15) is 0 Å². The van der Waals surface area contributed by atoms with Crippen LogP contribution in [0.25, 0.3) is 0 Å². The van der Waals surface area contributed by atoms with Crippen LogP contribution in [0.4, 0.5) is 0 Å². The quantitative estimate of drug-likeness (QED) is 0.747. The van der Waals surface area contributed by atoms with Gasteiger partial charge in [-0.15, -0.1) is 0 Å². The summed E-state index contributed by atoms with van der Waals surface area (Å²) in [5, 5.41) is 3.45. The van der Waals surface area contributed by atoms with E-state index < -0.39 is 0 Å².